The Labute approximate surface area is 121 Å². The molecular weight excluding hydrogens is 309 g/mol. The molecule has 0 aliphatic carbocycles. The Kier molecular flexibility index (Phi) is 5.99. The van der Waals surface area contributed by atoms with Crippen LogP contribution >= 0.6 is 0 Å². The van der Waals surface area contributed by atoms with Gasteiger partial charge in [-0.1, -0.05) is 6.07 Å². The highest BCUT2D eigenvalue weighted by molar-refractivity contribution is 7.89. The van der Waals surface area contributed by atoms with Gasteiger partial charge in [-0.2, -0.15) is 13.2 Å². The fourth-order valence-electron chi connectivity index (χ4n) is 1.63. The van der Waals surface area contributed by atoms with E-state index in [-0.39, 0.29) is 30.2 Å². The SMILES string of the molecule is COc1ccc(CN)cc1S(=O)(=O)NCCCC(F)(F)F. The Morgan fingerprint density at radius 2 is 2.00 bits per heavy atom. The Balaban J connectivity index is 2.82. The number of halogens is 3. The molecule has 0 aromatic heterocycles. The number of nitrogens with one attached hydrogen (secondary N) is 1. The molecule has 0 saturated heterocycles. The van der Waals surface area contributed by atoms with Crippen LogP contribution in [0.3, 0.4) is 0 Å². The third-order valence-electron chi connectivity index (χ3n) is 2.68. The van der Waals surface area contributed by atoms with Gasteiger partial charge in [0.25, 0.3) is 0 Å². The molecule has 0 radical (unpaired) electrons. The Hall–Kier alpha value is -1.32. The van der Waals surface area contributed by atoms with Crippen LogP contribution in [0.2, 0.25) is 0 Å². The van der Waals surface area contributed by atoms with E-state index in [4.69, 9.17) is 10.5 Å². The number of ether oxygens (including phenoxy) is 1. The van der Waals surface area contributed by atoms with Gasteiger partial charge in [0.15, 0.2) is 0 Å². The van der Waals surface area contributed by atoms with Crippen molar-refractivity contribution in [3.8, 4) is 5.75 Å². The Morgan fingerprint density at radius 1 is 1.33 bits per heavy atom. The number of hydrogen-bond acceptors (Lipinski definition) is 4. The molecule has 1 rings (SSSR count). The second-order valence-corrected chi connectivity index (χ2v) is 6.04. The zero-order valence-corrected chi connectivity index (χ0v) is 12.2. The zero-order chi connectivity index (χ0) is 16.1. The van der Waals surface area contributed by atoms with E-state index in [0.29, 0.717) is 5.56 Å². The Morgan fingerprint density at radius 3 is 2.52 bits per heavy atom. The summed E-state index contributed by atoms with van der Waals surface area (Å²) >= 11 is 0. The van der Waals surface area contributed by atoms with E-state index in [1.54, 1.807) is 6.07 Å². The van der Waals surface area contributed by atoms with E-state index < -0.39 is 22.6 Å². The summed E-state index contributed by atoms with van der Waals surface area (Å²) in [5.74, 6) is 0.107. The van der Waals surface area contributed by atoms with Crippen LogP contribution in [0.4, 0.5) is 13.2 Å². The van der Waals surface area contributed by atoms with Gasteiger partial charge in [-0.15, -0.1) is 0 Å². The second kappa shape index (κ2) is 7.10. The average molecular weight is 326 g/mol. The summed E-state index contributed by atoms with van der Waals surface area (Å²) in [6, 6.07) is 4.40. The van der Waals surface area contributed by atoms with Gasteiger partial charge in [0.1, 0.15) is 10.6 Å². The minimum atomic E-state index is -4.30. The number of benzene rings is 1. The normalized spacial score (nSPS) is 12.4. The maximum atomic E-state index is 12.1. The van der Waals surface area contributed by atoms with Gasteiger partial charge in [0.05, 0.1) is 7.11 Å². The largest absolute Gasteiger partial charge is 0.495 e. The first-order chi connectivity index (χ1) is 9.69. The molecule has 0 spiro atoms. The van der Waals surface area contributed by atoms with Crippen molar-refractivity contribution in [3.05, 3.63) is 23.8 Å². The molecule has 0 aliphatic rings. The average Bonchev–Trinajstić information content (AvgIpc) is 2.42. The smallest absolute Gasteiger partial charge is 0.389 e. The standard InChI is InChI=1S/C12H17F3N2O3S/c1-20-10-4-3-9(8-16)7-11(10)21(18,19)17-6-2-5-12(13,14)15/h3-4,7,17H,2,5-6,8,16H2,1H3. The van der Waals surface area contributed by atoms with Gasteiger partial charge in [-0.3, -0.25) is 0 Å². The summed E-state index contributed by atoms with van der Waals surface area (Å²) in [5, 5.41) is 0. The van der Waals surface area contributed by atoms with Crippen LogP contribution < -0.4 is 15.2 Å². The van der Waals surface area contributed by atoms with E-state index in [2.05, 4.69) is 4.72 Å². The first-order valence-corrected chi connectivity index (χ1v) is 7.61. The van der Waals surface area contributed by atoms with Gasteiger partial charge in [0.2, 0.25) is 10.0 Å². The van der Waals surface area contributed by atoms with Crippen molar-refractivity contribution in [1.29, 1.82) is 0 Å². The third-order valence-corrected chi connectivity index (χ3v) is 4.16. The molecule has 0 fully saturated rings. The minimum absolute atomic E-state index is 0.107. The molecule has 9 heteroatoms. The molecule has 5 nitrogen and oxygen atoms in total. The van der Waals surface area contributed by atoms with Crippen LogP contribution in [0.5, 0.6) is 5.75 Å². The van der Waals surface area contributed by atoms with Crippen LogP contribution in [0.15, 0.2) is 23.1 Å². The van der Waals surface area contributed by atoms with E-state index in [1.807, 2.05) is 0 Å². The third kappa shape index (κ3) is 5.52. The van der Waals surface area contributed by atoms with E-state index >= 15 is 0 Å². The van der Waals surface area contributed by atoms with Gasteiger partial charge in [0, 0.05) is 19.5 Å². The summed E-state index contributed by atoms with van der Waals surface area (Å²) in [6.45, 7) is -0.168. The molecule has 3 N–H and O–H groups in total. The van der Waals surface area contributed by atoms with Gasteiger partial charge >= 0.3 is 6.18 Å². The lowest BCUT2D eigenvalue weighted by Crippen LogP contribution is -2.26. The molecule has 0 atom stereocenters. The summed E-state index contributed by atoms with van der Waals surface area (Å²) in [7, 11) is -2.65. The Bertz CT molecular complexity index is 574. The summed E-state index contributed by atoms with van der Waals surface area (Å²) < 4.78 is 67.3. The van der Waals surface area contributed by atoms with Crippen molar-refractivity contribution in [2.24, 2.45) is 5.73 Å². The summed E-state index contributed by atoms with van der Waals surface area (Å²) in [5.41, 5.74) is 6.02. The lowest BCUT2D eigenvalue weighted by molar-refractivity contribution is -0.135. The van der Waals surface area contributed by atoms with Crippen LogP contribution in [0, 0.1) is 0 Å². The first kappa shape index (κ1) is 17.7. The van der Waals surface area contributed by atoms with Crippen molar-refractivity contribution in [3.63, 3.8) is 0 Å². The van der Waals surface area contributed by atoms with E-state index in [9.17, 15) is 21.6 Å². The molecule has 0 saturated carbocycles. The highest BCUT2D eigenvalue weighted by atomic mass is 32.2. The highest BCUT2D eigenvalue weighted by Gasteiger charge is 2.27. The quantitative estimate of drug-likeness (QED) is 0.748. The monoisotopic (exact) mass is 326 g/mol. The zero-order valence-electron chi connectivity index (χ0n) is 11.4. The number of alkyl halides is 3. The number of rotatable bonds is 7. The lowest BCUT2D eigenvalue weighted by atomic mass is 10.2. The van der Waals surface area contributed by atoms with E-state index in [0.717, 1.165) is 0 Å². The molecule has 1 aromatic carbocycles. The lowest BCUT2D eigenvalue weighted by Gasteiger charge is -2.12. The number of nitrogens with two attached hydrogens (primary N) is 1. The van der Waals surface area contributed by atoms with Crippen LogP contribution in [-0.4, -0.2) is 28.2 Å². The van der Waals surface area contributed by atoms with Crippen molar-refractivity contribution in [2.45, 2.75) is 30.5 Å². The van der Waals surface area contributed by atoms with Crippen LogP contribution in [-0.2, 0) is 16.6 Å². The highest BCUT2D eigenvalue weighted by Crippen LogP contribution is 2.25. The number of methoxy groups -OCH3 is 1. The predicted octanol–water partition coefficient (Wildman–Crippen LogP) is 1.77. The predicted molar refractivity (Wildman–Crippen MR) is 71.4 cm³/mol. The van der Waals surface area contributed by atoms with Gasteiger partial charge < -0.3 is 10.5 Å². The topological polar surface area (TPSA) is 81.4 Å². The molecule has 0 aliphatic heterocycles. The molecule has 0 amide bonds. The minimum Gasteiger partial charge on any atom is -0.495 e. The number of sulfonamides is 1. The van der Waals surface area contributed by atoms with Crippen LogP contribution in [0.1, 0.15) is 18.4 Å². The molecule has 120 valence electrons. The maximum absolute atomic E-state index is 12.1. The van der Waals surface area contributed by atoms with Gasteiger partial charge in [-0.05, 0) is 24.1 Å². The van der Waals surface area contributed by atoms with Crippen molar-refractivity contribution >= 4 is 10.0 Å². The fourth-order valence-corrected chi connectivity index (χ4v) is 2.92. The second-order valence-electron chi connectivity index (χ2n) is 4.31. The van der Waals surface area contributed by atoms with Crippen LogP contribution in [0.25, 0.3) is 0 Å². The first-order valence-electron chi connectivity index (χ1n) is 6.13. The van der Waals surface area contributed by atoms with Crippen molar-refractivity contribution in [1.82, 2.24) is 4.72 Å². The van der Waals surface area contributed by atoms with Gasteiger partial charge in [-0.25, -0.2) is 13.1 Å². The van der Waals surface area contributed by atoms with Crippen molar-refractivity contribution in [2.75, 3.05) is 13.7 Å². The molecule has 1 aromatic rings. The molecule has 0 unspecified atom stereocenters. The summed E-state index contributed by atoms with van der Waals surface area (Å²) in [6.07, 6.45) is -5.68. The van der Waals surface area contributed by atoms with E-state index in [1.165, 1.54) is 19.2 Å². The maximum Gasteiger partial charge on any atom is 0.389 e. The fraction of sp³-hybridized carbons (Fsp3) is 0.500. The van der Waals surface area contributed by atoms with Crippen molar-refractivity contribution < 1.29 is 26.3 Å². The molecular formula is C12H17F3N2O3S. The molecule has 0 bridgehead atoms. The molecule has 21 heavy (non-hydrogen) atoms. The number of hydrogen-bond donors (Lipinski definition) is 2. The summed E-state index contributed by atoms with van der Waals surface area (Å²) in [4.78, 5) is -0.139. The molecule has 0 heterocycles.